The van der Waals surface area contributed by atoms with Gasteiger partial charge >= 0.3 is 0 Å². The molecule has 0 aromatic rings. The van der Waals surface area contributed by atoms with Crippen molar-refractivity contribution in [2.24, 2.45) is 5.92 Å². The summed E-state index contributed by atoms with van der Waals surface area (Å²) in [6.45, 7) is 10.5. The van der Waals surface area contributed by atoms with Gasteiger partial charge in [-0.2, -0.15) is 0 Å². The van der Waals surface area contributed by atoms with E-state index in [4.69, 9.17) is 0 Å². The van der Waals surface area contributed by atoms with Crippen molar-refractivity contribution < 1.29 is 0 Å². The van der Waals surface area contributed by atoms with E-state index in [1.807, 2.05) is 0 Å². The Labute approximate surface area is 120 Å². The number of likely N-dealkylation sites (N-methyl/N-ethyl adjacent to an activating group) is 2. The van der Waals surface area contributed by atoms with E-state index >= 15 is 0 Å². The van der Waals surface area contributed by atoms with E-state index in [0.29, 0.717) is 17.5 Å². The quantitative estimate of drug-likeness (QED) is 0.649. The molecule has 0 aliphatic heterocycles. The summed E-state index contributed by atoms with van der Waals surface area (Å²) < 4.78 is 0. The smallest absolute Gasteiger partial charge is 0.0330 e. The summed E-state index contributed by atoms with van der Waals surface area (Å²) in [5.41, 5.74) is 0.444. The van der Waals surface area contributed by atoms with Crippen LogP contribution in [0, 0.1) is 5.92 Å². The number of hydrogen-bond acceptors (Lipinski definition) is 3. The molecule has 1 saturated carbocycles. The standard InChI is InChI=1S/C16H35N3/c1-7-11-17-12-14(2)15(3)19(6)13-16(18(4)5)9-8-10-16/h14-15,17H,7-13H2,1-6H3. The molecule has 0 aromatic heterocycles. The van der Waals surface area contributed by atoms with Gasteiger partial charge in [0.15, 0.2) is 0 Å². The first-order valence-electron chi connectivity index (χ1n) is 8.01. The molecule has 2 atom stereocenters. The molecular formula is C16H35N3. The van der Waals surface area contributed by atoms with Crippen LogP contribution in [0.15, 0.2) is 0 Å². The van der Waals surface area contributed by atoms with Gasteiger partial charge in [0.1, 0.15) is 0 Å². The molecule has 1 rings (SSSR count). The van der Waals surface area contributed by atoms with Crippen molar-refractivity contribution >= 4 is 0 Å². The van der Waals surface area contributed by atoms with Crippen molar-refractivity contribution in [3.8, 4) is 0 Å². The molecule has 0 amide bonds. The second kappa shape index (κ2) is 7.61. The van der Waals surface area contributed by atoms with Gasteiger partial charge in [0, 0.05) is 18.1 Å². The van der Waals surface area contributed by atoms with Crippen molar-refractivity contribution in [2.75, 3.05) is 40.8 Å². The fourth-order valence-electron chi connectivity index (χ4n) is 3.05. The minimum atomic E-state index is 0.444. The third-order valence-corrected chi connectivity index (χ3v) is 5.19. The SMILES string of the molecule is CCCNCC(C)C(C)N(C)CC1(N(C)C)CCC1. The molecule has 19 heavy (non-hydrogen) atoms. The lowest BCUT2D eigenvalue weighted by Gasteiger charge is -2.50. The summed E-state index contributed by atoms with van der Waals surface area (Å²) in [5, 5.41) is 3.55. The van der Waals surface area contributed by atoms with Crippen molar-refractivity contribution in [1.82, 2.24) is 15.1 Å². The Morgan fingerprint density at radius 1 is 1.16 bits per heavy atom. The zero-order valence-electron chi connectivity index (χ0n) is 14.0. The zero-order chi connectivity index (χ0) is 14.5. The summed E-state index contributed by atoms with van der Waals surface area (Å²) in [4.78, 5) is 5.01. The van der Waals surface area contributed by atoms with Crippen LogP contribution < -0.4 is 5.32 Å². The van der Waals surface area contributed by atoms with Gasteiger partial charge in [-0.1, -0.05) is 13.8 Å². The molecule has 1 aliphatic rings. The van der Waals surface area contributed by atoms with Crippen LogP contribution in [0.5, 0.6) is 0 Å². The molecular weight excluding hydrogens is 234 g/mol. The van der Waals surface area contributed by atoms with Crippen LogP contribution >= 0.6 is 0 Å². The van der Waals surface area contributed by atoms with Gasteiger partial charge in [0.05, 0.1) is 0 Å². The molecule has 2 unspecified atom stereocenters. The van der Waals surface area contributed by atoms with Crippen LogP contribution in [0.1, 0.15) is 46.5 Å². The maximum Gasteiger partial charge on any atom is 0.0330 e. The van der Waals surface area contributed by atoms with E-state index in [0.717, 1.165) is 13.1 Å². The van der Waals surface area contributed by atoms with Crippen molar-refractivity contribution in [3.05, 3.63) is 0 Å². The molecule has 0 bridgehead atoms. The lowest BCUT2D eigenvalue weighted by molar-refractivity contribution is 0.0116. The average Bonchev–Trinajstić information content (AvgIpc) is 2.32. The highest BCUT2D eigenvalue weighted by atomic mass is 15.2. The number of hydrogen-bond donors (Lipinski definition) is 1. The number of rotatable bonds is 9. The van der Waals surface area contributed by atoms with Crippen molar-refractivity contribution in [1.29, 1.82) is 0 Å². The molecule has 0 aromatic carbocycles. The summed E-state index contributed by atoms with van der Waals surface area (Å²) in [5.74, 6) is 0.704. The van der Waals surface area contributed by atoms with Gasteiger partial charge in [-0.15, -0.1) is 0 Å². The van der Waals surface area contributed by atoms with Gasteiger partial charge in [0.2, 0.25) is 0 Å². The first-order valence-corrected chi connectivity index (χ1v) is 8.01. The van der Waals surface area contributed by atoms with E-state index < -0.39 is 0 Å². The summed E-state index contributed by atoms with van der Waals surface area (Å²) in [7, 11) is 6.78. The van der Waals surface area contributed by atoms with E-state index in [-0.39, 0.29) is 0 Å². The predicted molar refractivity (Wildman–Crippen MR) is 84.7 cm³/mol. The molecule has 3 heteroatoms. The van der Waals surface area contributed by atoms with Gasteiger partial charge < -0.3 is 15.1 Å². The van der Waals surface area contributed by atoms with E-state index in [2.05, 4.69) is 57.0 Å². The van der Waals surface area contributed by atoms with Gasteiger partial charge in [-0.3, -0.25) is 0 Å². The van der Waals surface area contributed by atoms with Crippen molar-refractivity contribution in [2.45, 2.75) is 58.0 Å². The molecule has 0 saturated heterocycles. The molecule has 1 aliphatic carbocycles. The Morgan fingerprint density at radius 3 is 2.21 bits per heavy atom. The Kier molecular flexibility index (Phi) is 6.78. The second-order valence-electron chi connectivity index (χ2n) is 6.81. The fourth-order valence-corrected chi connectivity index (χ4v) is 3.05. The molecule has 1 fully saturated rings. The minimum absolute atomic E-state index is 0.444. The molecule has 0 spiro atoms. The summed E-state index contributed by atoms with van der Waals surface area (Å²) in [6, 6.07) is 0.641. The average molecular weight is 269 g/mol. The lowest BCUT2D eigenvalue weighted by Crippen LogP contribution is -2.58. The summed E-state index contributed by atoms with van der Waals surface area (Å²) in [6.07, 6.45) is 5.34. The zero-order valence-corrected chi connectivity index (χ0v) is 14.0. The summed E-state index contributed by atoms with van der Waals surface area (Å²) >= 11 is 0. The third kappa shape index (κ3) is 4.44. The maximum absolute atomic E-state index is 3.55. The van der Waals surface area contributed by atoms with Crippen molar-refractivity contribution in [3.63, 3.8) is 0 Å². The van der Waals surface area contributed by atoms with Crippen LogP contribution in [-0.2, 0) is 0 Å². The third-order valence-electron chi connectivity index (χ3n) is 5.19. The van der Waals surface area contributed by atoms with Gasteiger partial charge in [-0.25, -0.2) is 0 Å². The van der Waals surface area contributed by atoms with Crippen LogP contribution in [0.25, 0.3) is 0 Å². The topological polar surface area (TPSA) is 18.5 Å². The maximum atomic E-state index is 3.55. The van der Waals surface area contributed by atoms with Crippen LogP contribution in [0.4, 0.5) is 0 Å². The number of nitrogens with zero attached hydrogens (tertiary/aromatic N) is 2. The first-order chi connectivity index (χ1) is 8.93. The number of nitrogens with one attached hydrogen (secondary N) is 1. The monoisotopic (exact) mass is 269 g/mol. The van der Waals surface area contributed by atoms with Crippen LogP contribution in [-0.4, -0.2) is 62.2 Å². The fraction of sp³-hybridized carbons (Fsp3) is 1.00. The van der Waals surface area contributed by atoms with Crippen LogP contribution in [0.3, 0.4) is 0 Å². The highest BCUT2D eigenvalue weighted by Gasteiger charge is 2.40. The second-order valence-corrected chi connectivity index (χ2v) is 6.81. The Bertz CT molecular complexity index is 248. The van der Waals surface area contributed by atoms with Crippen LogP contribution in [0.2, 0.25) is 0 Å². The highest BCUT2D eigenvalue weighted by molar-refractivity contribution is 4.98. The van der Waals surface area contributed by atoms with E-state index in [1.165, 1.54) is 32.2 Å². The molecule has 3 nitrogen and oxygen atoms in total. The molecule has 1 N–H and O–H groups in total. The largest absolute Gasteiger partial charge is 0.316 e. The Hall–Kier alpha value is -0.120. The minimum Gasteiger partial charge on any atom is -0.316 e. The highest BCUT2D eigenvalue weighted by Crippen LogP contribution is 2.37. The van der Waals surface area contributed by atoms with E-state index in [1.54, 1.807) is 0 Å². The van der Waals surface area contributed by atoms with Gasteiger partial charge in [0.25, 0.3) is 0 Å². The normalized spacial score (nSPS) is 21.5. The molecule has 114 valence electrons. The van der Waals surface area contributed by atoms with Gasteiger partial charge in [-0.05, 0) is 72.8 Å². The first kappa shape index (κ1) is 16.9. The Morgan fingerprint density at radius 2 is 1.79 bits per heavy atom. The van der Waals surface area contributed by atoms with E-state index in [9.17, 15) is 0 Å². The predicted octanol–water partition coefficient (Wildman–Crippen LogP) is 2.43. The molecule has 0 radical (unpaired) electrons. The lowest BCUT2D eigenvalue weighted by atomic mass is 9.75. The Balaban J connectivity index is 2.41. The molecule has 0 heterocycles.